The van der Waals surface area contributed by atoms with Crippen LogP contribution in [0.4, 0.5) is 19.1 Å². The highest BCUT2D eigenvalue weighted by atomic mass is 19.4. The van der Waals surface area contributed by atoms with Gasteiger partial charge in [-0.05, 0) is 23.8 Å². The first kappa shape index (κ1) is 15.4. The van der Waals surface area contributed by atoms with Gasteiger partial charge in [0.05, 0.1) is 0 Å². The number of allylic oxidation sites excluding steroid dienone is 1. The van der Waals surface area contributed by atoms with Crippen LogP contribution in [-0.2, 0) is 6.18 Å². The Hall–Kier alpha value is -3.16. The topological polar surface area (TPSA) is 55.6 Å². The molecule has 0 saturated carbocycles. The van der Waals surface area contributed by atoms with Crippen molar-refractivity contribution in [2.24, 2.45) is 0 Å². The molecular formula is C17H12F3N5. The minimum atomic E-state index is -4.61. The van der Waals surface area contributed by atoms with E-state index in [2.05, 4.69) is 20.4 Å². The van der Waals surface area contributed by atoms with Crippen molar-refractivity contribution in [3.05, 3.63) is 77.9 Å². The Balaban J connectivity index is 1.84. The smallest absolute Gasteiger partial charge is 0.324 e. The number of hydrogen-bond donors (Lipinski definition) is 1. The number of pyridine rings is 1. The lowest BCUT2D eigenvalue weighted by molar-refractivity contribution is -0.145. The van der Waals surface area contributed by atoms with Crippen LogP contribution in [0.5, 0.6) is 0 Å². The Morgan fingerprint density at radius 1 is 1.00 bits per heavy atom. The van der Waals surface area contributed by atoms with E-state index in [-0.39, 0.29) is 5.95 Å². The third kappa shape index (κ3) is 2.86. The van der Waals surface area contributed by atoms with Crippen LogP contribution in [0, 0.1) is 0 Å². The quantitative estimate of drug-likeness (QED) is 0.770. The molecule has 0 bridgehead atoms. The maximum absolute atomic E-state index is 13.0. The fourth-order valence-corrected chi connectivity index (χ4v) is 2.70. The van der Waals surface area contributed by atoms with E-state index in [9.17, 15) is 13.2 Å². The van der Waals surface area contributed by atoms with E-state index in [1.165, 1.54) is 4.68 Å². The lowest BCUT2D eigenvalue weighted by Gasteiger charge is -2.24. The van der Waals surface area contributed by atoms with Gasteiger partial charge in [0.15, 0.2) is 0 Å². The van der Waals surface area contributed by atoms with E-state index in [0.717, 1.165) is 11.1 Å². The fourth-order valence-electron chi connectivity index (χ4n) is 2.70. The molecule has 5 nitrogen and oxygen atoms in total. The van der Waals surface area contributed by atoms with Crippen molar-refractivity contribution in [1.29, 1.82) is 0 Å². The van der Waals surface area contributed by atoms with Crippen LogP contribution in [-0.4, -0.2) is 19.7 Å². The van der Waals surface area contributed by atoms with Gasteiger partial charge in [-0.3, -0.25) is 4.98 Å². The van der Waals surface area contributed by atoms with Gasteiger partial charge in [0.2, 0.25) is 5.95 Å². The molecule has 1 N–H and O–H groups in total. The van der Waals surface area contributed by atoms with Crippen molar-refractivity contribution < 1.29 is 13.2 Å². The standard InChI is InChI=1S/C17H12F3N5/c18-17(19,20)15-23-16-22-13(11-6-8-21-9-7-11)10-14(25(16)24-15)12-4-2-1-3-5-12/h1-10,14H,(H,22,23,24)/t14-/m0/s1. The van der Waals surface area contributed by atoms with Crippen LogP contribution in [0.3, 0.4) is 0 Å². The van der Waals surface area contributed by atoms with Gasteiger partial charge < -0.3 is 5.32 Å². The van der Waals surface area contributed by atoms with Crippen molar-refractivity contribution in [2.45, 2.75) is 12.2 Å². The number of fused-ring (bicyclic) bond motifs is 1. The number of nitrogens with zero attached hydrogens (tertiary/aromatic N) is 4. The minimum Gasteiger partial charge on any atom is -0.324 e. The second-order valence-corrected chi connectivity index (χ2v) is 5.50. The summed E-state index contributed by atoms with van der Waals surface area (Å²) in [6.45, 7) is 0. The molecule has 1 atom stereocenters. The molecule has 0 amide bonds. The summed E-state index contributed by atoms with van der Waals surface area (Å²) in [6, 6.07) is 12.3. The molecule has 8 heteroatoms. The van der Waals surface area contributed by atoms with Crippen molar-refractivity contribution in [1.82, 2.24) is 19.7 Å². The number of alkyl halides is 3. The highest BCUT2D eigenvalue weighted by Gasteiger charge is 2.39. The Morgan fingerprint density at radius 3 is 2.40 bits per heavy atom. The van der Waals surface area contributed by atoms with Gasteiger partial charge in [-0.2, -0.15) is 18.2 Å². The summed E-state index contributed by atoms with van der Waals surface area (Å²) in [4.78, 5) is 7.59. The molecule has 3 heterocycles. The monoisotopic (exact) mass is 343 g/mol. The highest BCUT2D eigenvalue weighted by molar-refractivity contribution is 5.76. The lowest BCUT2D eigenvalue weighted by Crippen LogP contribution is -2.20. The Labute approximate surface area is 140 Å². The van der Waals surface area contributed by atoms with E-state index < -0.39 is 18.0 Å². The predicted octanol–water partition coefficient (Wildman–Crippen LogP) is 3.75. The van der Waals surface area contributed by atoms with E-state index >= 15 is 0 Å². The molecule has 1 aromatic carbocycles. The third-order valence-electron chi connectivity index (χ3n) is 3.85. The summed E-state index contributed by atoms with van der Waals surface area (Å²) in [5, 5.41) is 6.60. The van der Waals surface area contributed by atoms with Crippen LogP contribution in [0.15, 0.2) is 60.9 Å². The molecule has 1 aliphatic rings. The van der Waals surface area contributed by atoms with E-state index in [1.807, 2.05) is 36.4 Å². The Bertz CT molecular complexity index is 916. The molecule has 126 valence electrons. The molecule has 2 aromatic heterocycles. The summed E-state index contributed by atoms with van der Waals surface area (Å²) in [6.07, 6.45) is 0.461. The highest BCUT2D eigenvalue weighted by Crippen LogP contribution is 2.35. The average molecular weight is 343 g/mol. The largest absolute Gasteiger partial charge is 0.453 e. The van der Waals surface area contributed by atoms with Gasteiger partial charge >= 0.3 is 6.18 Å². The van der Waals surface area contributed by atoms with Gasteiger partial charge in [0.25, 0.3) is 5.82 Å². The molecule has 0 aliphatic carbocycles. The predicted molar refractivity (Wildman–Crippen MR) is 85.4 cm³/mol. The van der Waals surface area contributed by atoms with Gasteiger partial charge in [-0.1, -0.05) is 30.3 Å². The van der Waals surface area contributed by atoms with E-state index in [4.69, 9.17) is 0 Å². The number of hydrogen-bond acceptors (Lipinski definition) is 4. The molecule has 0 saturated heterocycles. The fraction of sp³-hybridized carbons (Fsp3) is 0.118. The van der Waals surface area contributed by atoms with Crippen molar-refractivity contribution >= 4 is 11.6 Å². The van der Waals surface area contributed by atoms with Crippen molar-refractivity contribution in [3.8, 4) is 0 Å². The number of halogens is 3. The maximum atomic E-state index is 13.0. The normalized spacial score (nSPS) is 16.8. The zero-order valence-corrected chi connectivity index (χ0v) is 12.8. The summed E-state index contributed by atoms with van der Waals surface area (Å²) < 4.78 is 40.4. The first-order valence-corrected chi connectivity index (χ1v) is 7.50. The molecule has 0 spiro atoms. The lowest BCUT2D eigenvalue weighted by atomic mass is 10.0. The van der Waals surface area contributed by atoms with Gasteiger partial charge in [0, 0.05) is 23.7 Å². The Kier molecular flexibility index (Phi) is 3.52. The molecule has 3 aromatic rings. The van der Waals surface area contributed by atoms with E-state index in [1.54, 1.807) is 24.5 Å². The first-order chi connectivity index (χ1) is 12.0. The van der Waals surface area contributed by atoms with Crippen molar-refractivity contribution in [2.75, 3.05) is 5.32 Å². The first-order valence-electron chi connectivity index (χ1n) is 7.50. The molecule has 0 fully saturated rings. The Morgan fingerprint density at radius 2 is 1.72 bits per heavy atom. The average Bonchev–Trinajstić information content (AvgIpc) is 3.07. The van der Waals surface area contributed by atoms with Crippen LogP contribution in [0.25, 0.3) is 5.70 Å². The van der Waals surface area contributed by atoms with Crippen LogP contribution in [0.1, 0.15) is 23.0 Å². The third-order valence-corrected chi connectivity index (χ3v) is 3.85. The number of nitrogens with one attached hydrogen (secondary N) is 1. The molecule has 0 unspecified atom stereocenters. The second kappa shape index (κ2) is 5.73. The van der Waals surface area contributed by atoms with Gasteiger partial charge in [-0.25, -0.2) is 4.68 Å². The van der Waals surface area contributed by atoms with Crippen LogP contribution >= 0.6 is 0 Å². The van der Waals surface area contributed by atoms with Crippen LogP contribution < -0.4 is 5.32 Å². The molecule has 0 radical (unpaired) electrons. The summed E-state index contributed by atoms with van der Waals surface area (Å²) in [5.41, 5.74) is 2.28. The SMILES string of the molecule is FC(F)(F)c1nc2n(n1)[C@H](c1ccccc1)C=C(c1ccncc1)N2. The number of anilines is 1. The summed E-state index contributed by atoms with van der Waals surface area (Å²) in [7, 11) is 0. The minimum absolute atomic E-state index is 0.0514. The molecule has 25 heavy (non-hydrogen) atoms. The zero-order chi connectivity index (χ0) is 17.4. The maximum Gasteiger partial charge on any atom is 0.453 e. The number of benzene rings is 1. The van der Waals surface area contributed by atoms with Gasteiger partial charge in [-0.15, -0.1) is 5.10 Å². The van der Waals surface area contributed by atoms with Gasteiger partial charge in [0.1, 0.15) is 6.04 Å². The molecule has 1 aliphatic heterocycles. The van der Waals surface area contributed by atoms with Crippen LogP contribution in [0.2, 0.25) is 0 Å². The van der Waals surface area contributed by atoms with E-state index in [0.29, 0.717) is 5.70 Å². The zero-order valence-electron chi connectivity index (χ0n) is 12.8. The summed E-state index contributed by atoms with van der Waals surface area (Å²) in [5.74, 6) is -1.12. The second-order valence-electron chi connectivity index (χ2n) is 5.50. The number of rotatable bonds is 2. The molecule has 4 rings (SSSR count). The summed E-state index contributed by atoms with van der Waals surface area (Å²) >= 11 is 0. The molecular weight excluding hydrogens is 331 g/mol. The number of aromatic nitrogens is 4. The van der Waals surface area contributed by atoms with Crippen molar-refractivity contribution in [3.63, 3.8) is 0 Å².